The molecule has 33 heavy (non-hydrogen) atoms. The van der Waals surface area contributed by atoms with Gasteiger partial charge in [-0.15, -0.1) is 0 Å². The zero-order chi connectivity index (χ0) is 24.8. The van der Waals surface area contributed by atoms with Crippen molar-refractivity contribution < 1.29 is 30.4 Å². The van der Waals surface area contributed by atoms with Crippen LogP contribution in [0.1, 0.15) is 34.1 Å². The number of methoxy groups -OCH3 is 1. The Hall–Kier alpha value is -2.73. The second-order valence-corrected chi connectivity index (χ2v) is 12.9. The van der Waals surface area contributed by atoms with E-state index in [2.05, 4.69) is 4.98 Å². The number of imidazole rings is 1. The van der Waals surface area contributed by atoms with Gasteiger partial charge < -0.3 is 4.74 Å². The van der Waals surface area contributed by atoms with Crippen LogP contribution >= 0.6 is 0 Å². The summed E-state index contributed by atoms with van der Waals surface area (Å²) in [6.07, 6.45) is 2.81. The maximum atomic E-state index is 15.3. The molecule has 2 aromatic heterocycles. The summed E-state index contributed by atoms with van der Waals surface area (Å²) in [5, 5.41) is 0. The third-order valence-corrected chi connectivity index (χ3v) is 8.95. The van der Waals surface area contributed by atoms with Gasteiger partial charge in [0.1, 0.15) is 27.8 Å². The zero-order valence-corrected chi connectivity index (χ0v) is 20.4. The van der Waals surface area contributed by atoms with Gasteiger partial charge in [-0.3, -0.25) is 9.12 Å². The first-order valence-corrected chi connectivity index (χ1v) is 13.2. The van der Waals surface area contributed by atoms with Crippen LogP contribution in [0.4, 0.5) is 14.5 Å². The van der Waals surface area contributed by atoms with Crippen molar-refractivity contribution in [1.82, 2.24) is 9.38 Å². The molecule has 0 aliphatic heterocycles. The molecule has 0 aliphatic rings. The fourth-order valence-electron chi connectivity index (χ4n) is 3.20. The van der Waals surface area contributed by atoms with Crippen LogP contribution in [0.5, 0.6) is 5.75 Å². The SMILES string of the molecule is CCCS(=O)(=O)Nc1c(F)ccc(-c2cnc3cc(OC)c(S(=O)(=O)C(C)(C)C)cn23)c1F. The van der Waals surface area contributed by atoms with Gasteiger partial charge in [0.25, 0.3) is 0 Å². The fraction of sp³-hybridized carbons (Fsp3) is 0.381. The van der Waals surface area contributed by atoms with Gasteiger partial charge in [-0.25, -0.2) is 30.6 Å². The molecule has 180 valence electrons. The molecule has 12 heteroatoms. The summed E-state index contributed by atoms with van der Waals surface area (Å²) in [5.74, 6) is -2.46. The van der Waals surface area contributed by atoms with Crippen LogP contribution in [-0.4, -0.2) is 43.8 Å². The number of halogens is 2. The van der Waals surface area contributed by atoms with Gasteiger partial charge >= 0.3 is 0 Å². The number of sulfone groups is 1. The quantitative estimate of drug-likeness (QED) is 0.524. The Morgan fingerprint density at radius 3 is 2.39 bits per heavy atom. The van der Waals surface area contributed by atoms with Gasteiger partial charge in [-0.2, -0.15) is 0 Å². The van der Waals surface area contributed by atoms with Gasteiger partial charge in [-0.1, -0.05) is 6.92 Å². The predicted octanol–water partition coefficient (Wildman–Crippen LogP) is 4.01. The molecule has 0 spiro atoms. The Bertz CT molecular complexity index is 1430. The van der Waals surface area contributed by atoms with Gasteiger partial charge in [-0.05, 0) is 39.3 Å². The highest BCUT2D eigenvalue weighted by Gasteiger charge is 2.34. The van der Waals surface area contributed by atoms with Crippen molar-refractivity contribution >= 4 is 31.2 Å². The molecule has 0 atom stereocenters. The van der Waals surface area contributed by atoms with Crippen LogP contribution in [0.15, 0.2) is 35.5 Å². The van der Waals surface area contributed by atoms with E-state index in [0.29, 0.717) is 0 Å². The number of aromatic nitrogens is 2. The zero-order valence-electron chi connectivity index (χ0n) is 18.8. The van der Waals surface area contributed by atoms with Gasteiger partial charge in [0.05, 0.1) is 29.5 Å². The fourth-order valence-corrected chi connectivity index (χ4v) is 5.65. The van der Waals surface area contributed by atoms with Crippen LogP contribution in [-0.2, 0) is 19.9 Å². The summed E-state index contributed by atoms with van der Waals surface area (Å²) in [6.45, 7) is 6.23. The van der Waals surface area contributed by atoms with Gasteiger partial charge in [0, 0.05) is 17.8 Å². The highest BCUT2D eigenvalue weighted by molar-refractivity contribution is 7.93. The van der Waals surface area contributed by atoms with Crippen LogP contribution < -0.4 is 9.46 Å². The number of fused-ring (bicyclic) bond motifs is 1. The average Bonchev–Trinajstić information content (AvgIpc) is 3.12. The lowest BCUT2D eigenvalue weighted by molar-refractivity contribution is 0.401. The van der Waals surface area contributed by atoms with Crippen molar-refractivity contribution in [3.05, 3.63) is 42.2 Å². The maximum absolute atomic E-state index is 15.3. The van der Waals surface area contributed by atoms with Crippen molar-refractivity contribution in [3.8, 4) is 17.0 Å². The third-order valence-electron chi connectivity index (χ3n) is 4.99. The molecule has 8 nitrogen and oxygen atoms in total. The summed E-state index contributed by atoms with van der Waals surface area (Å²) < 4.78 is 87.4. The monoisotopic (exact) mass is 501 g/mol. The minimum absolute atomic E-state index is 0.0715. The van der Waals surface area contributed by atoms with Crippen LogP contribution in [0.2, 0.25) is 0 Å². The van der Waals surface area contributed by atoms with Crippen molar-refractivity contribution in [2.24, 2.45) is 0 Å². The molecule has 0 amide bonds. The highest BCUT2D eigenvalue weighted by Crippen LogP contribution is 2.36. The molecule has 0 unspecified atom stereocenters. The van der Waals surface area contributed by atoms with Crippen LogP contribution in [0, 0.1) is 11.6 Å². The number of hydrogen-bond acceptors (Lipinski definition) is 6. The lowest BCUT2D eigenvalue weighted by atomic mass is 10.1. The molecule has 2 heterocycles. The lowest BCUT2D eigenvalue weighted by Crippen LogP contribution is -2.28. The highest BCUT2D eigenvalue weighted by atomic mass is 32.2. The molecule has 3 rings (SSSR count). The second-order valence-electron chi connectivity index (χ2n) is 8.40. The largest absolute Gasteiger partial charge is 0.495 e. The molecule has 0 bridgehead atoms. The van der Waals surface area contributed by atoms with Crippen molar-refractivity contribution in [1.29, 1.82) is 0 Å². The van der Waals surface area contributed by atoms with Crippen LogP contribution in [0.3, 0.4) is 0 Å². The van der Waals surface area contributed by atoms with Gasteiger partial charge in [0.2, 0.25) is 10.0 Å². The topological polar surface area (TPSA) is 107 Å². The second kappa shape index (κ2) is 8.56. The van der Waals surface area contributed by atoms with Crippen molar-refractivity contribution in [2.45, 2.75) is 43.8 Å². The van der Waals surface area contributed by atoms with Crippen LogP contribution in [0.25, 0.3) is 16.9 Å². The molecule has 0 radical (unpaired) electrons. The van der Waals surface area contributed by atoms with E-state index in [1.807, 2.05) is 4.72 Å². The first kappa shape index (κ1) is 24.9. The Labute approximate surface area is 191 Å². The average molecular weight is 502 g/mol. The molecule has 1 aromatic carbocycles. The summed E-state index contributed by atoms with van der Waals surface area (Å²) in [4.78, 5) is 4.05. The number of rotatable bonds is 7. The number of sulfonamides is 1. The Balaban J connectivity index is 2.26. The molecule has 0 saturated heterocycles. The Morgan fingerprint density at radius 1 is 1.15 bits per heavy atom. The lowest BCUT2D eigenvalue weighted by Gasteiger charge is -2.21. The predicted molar refractivity (Wildman–Crippen MR) is 122 cm³/mol. The van der Waals surface area contributed by atoms with Crippen molar-refractivity contribution in [2.75, 3.05) is 17.6 Å². The molecule has 0 fully saturated rings. The summed E-state index contributed by atoms with van der Waals surface area (Å²) >= 11 is 0. The number of anilines is 1. The molecule has 3 aromatic rings. The maximum Gasteiger partial charge on any atom is 0.232 e. The molecular formula is C21H25F2N3O5S2. The molecular weight excluding hydrogens is 476 g/mol. The van der Waals surface area contributed by atoms with E-state index in [-0.39, 0.29) is 39.7 Å². The number of nitrogens with one attached hydrogen (secondary N) is 1. The minimum Gasteiger partial charge on any atom is -0.495 e. The number of nitrogens with zero attached hydrogens (tertiary/aromatic N) is 2. The molecule has 0 saturated carbocycles. The van der Waals surface area contributed by atoms with E-state index in [0.717, 1.165) is 12.1 Å². The number of pyridine rings is 1. The van der Waals surface area contributed by atoms with E-state index in [1.165, 1.54) is 50.7 Å². The third kappa shape index (κ3) is 4.54. The smallest absolute Gasteiger partial charge is 0.232 e. The van der Waals surface area contributed by atoms with E-state index in [9.17, 15) is 21.2 Å². The summed E-state index contributed by atoms with van der Waals surface area (Å²) in [7, 11) is -6.49. The number of hydrogen-bond donors (Lipinski definition) is 1. The van der Waals surface area contributed by atoms with E-state index >= 15 is 4.39 Å². The van der Waals surface area contributed by atoms with E-state index in [1.54, 1.807) is 6.92 Å². The summed E-state index contributed by atoms with van der Waals surface area (Å²) in [6, 6.07) is 3.46. The minimum atomic E-state index is -3.96. The number of benzene rings is 1. The Kier molecular flexibility index (Phi) is 6.46. The summed E-state index contributed by atoms with van der Waals surface area (Å²) in [5.41, 5.74) is -0.618. The first-order chi connectivity index (χ1) is 15.2. The van der Waals surface area contributed by atoms with E-state index in [4.69, 9.17) is 4.74 Å². The standard InChI is InChI=1S/C21H25F2N3O5S2/c1-6-9-32(27,28)25-20-14(22)8-7-13(19(20)23)15-11-24-18-10-16(31-5)17(12-26(15)18)33(29,30)21(2,3)4/h7-8,10-12,25H,6,9H2,1-5H3. The first-order valence-electron chi connectivity index (χ1n) is 10.0. The number of ether oxygens (including phenoxy) is 1. The Morgan fingerprint density at radius 2 is 1.82 bits per heavy atom. The normalized spacial score (nSPS) is 12.8. The van der Waals surface area contributed by atoms with Crippen molar-refractivity contribution in [3.63, 3.8) is 0 Å². The molecule has 1 N–H and O–H groups in total. The van der Waals surface area contributed by atoms with Gasteiger partial charge in [0.15, 0.2) is 15.7 Å². The van der Waals surface area contributed by atoms with E-state index < -0.39 is 41.9 Å². The molecule has 0 aliphatic carbocycles.